The van der Waals surface area contributed by atoms with E-state index in [0.717, 1.165) is 12.0 Å². The van der Waals surface area contributed by atoms with Gasteiger partial charge in [-0.25, -0.2) is 0 Å². The molecule has 2 nitrogen and oxygen atoms in total. The van der Waals surface area contributed by atoms with E-state index < -0.39 is 0 Å². The molecular weight excluding hydrogens is 208 g/mol. The summed E-state index contributed by atoms with van der Waals surface area (Å²) in [7, 11) is 0. The fraction of sp³-hybridized carbons (Fsp3) is 1.00. The predicted octanol–water partition coefficient (Wildman–Crippen LogP) is 3.06. The van der Waals surface area contributed by atoms with Gasteiger partial charge in [0.25, 0.3) is 0 Å². The molecule has 0 radical (unpaired) electrons. The van der Waals surface area contributed by atoms with Gasteiger partial charge in [0.15, 0.2) is 0 Å². The summed E-state index contributed by atoms with van der Waals surface area (Å²) in [5.41, 5.74) is 6.45. The molecule has 2 aliphatic rings. The van der Waals surface area contributed by atoms with Crippen LogP contribution in [0.2, 0.25) is 0 Å². The van der Waals surface area contributed by atoms with Crippen LogP contribution >= 0.6 is 0 Å². The van der Waals surface area contributed by atoms with Gasteiger partial charge >= 0.3 is 0 Å². The Morgan fingerprint density at radius 1 is 1.00 bits per heavy atom. The lowest BCUT2D eigenvalue weighted by molar-refractivity contribution is 0.123. The average Bonchev–Trinajstić information content (AvgIpc) is 2.63. The van der Waals surface area contributed by atoms with Gasteiger partial charge in [0, 0.05) is 18.1 Å². The highest BCUT2D eigenvalue weighted by molar-refractivity contribution is 4.92. The minimum absolute atomic E-state index is 0.443. The average molecular weight is 238 g/mol. The van der Waals surface area contributed by atoms with Gasteiger partial charge in [0.1, 0.15) is 0 Å². The van der Waals surface area contributed by atoms with E-state index in [1.54, 1.807) is 0 Å². The van der Waals surface area contributed by atoms with Crippen LogP contribution in [-0.2, 0) is 0 Å². The van der Waals surface area contributed by atoms with E-state index in [1.165, 1.54) is 44.9 Å². The third-order valence-corrected chi connectivity index (χ3v) is 4.80. The van der Waals surface area contributed by atoms with E-state index in [-0.39, 0.29) is 0 Å². The zero-order valence-electron chi connectivity index (χ0n) is 11.8. The lowest BCUT2D eigenvalue weighted by Gasteiger charge is -2.42. The van der Waals surface area contributed by atoms with Crippen molar-refractivity contribution in [3.63, 3.8) is 0 Å². The van der Waals surface area contributed by atoms with Crippen molar-refractivity contribution in [2.45, 2.75) is 83.8 Å². The highest BCUT2D eigenvalue weighted by Crippen LogP contribution is 2.38. The van der Waals surface area contributed by atoms with Crippen molar-refractivity contribution >= 4 is 0 Å². The van der Waals surface area contributed by atoms with Crippen molar-refractivity contribution in [3.05, 3.63) is 0 Å². The molecule has 0 aromatic heterocycles. The van der Waals surface area contributed by atoms with Crippen molar-refractivity contribution < 1.29 is 0 Å². The number of hydrogen-bond acceptors (Lipinski definition) is 2. The third kappa shape index (κ3) is 3.45. The van der Waals surface area contributed by atoms with E-state index in [9.17, 15) is 0 Å². The quantitative estimate of drug-likeness (QED) is 0.776. The molecule has 2 heteroatoms. The van der Waals surface area contributed by atoms with Crippen LogP contribution in [0.15, 0.2) is 0 Å². The summed E-state index contributed by atoms with van der Waals surface area (Å²) in [6, 6.07) is 1.88. The number of rotatable bonds is 2. The second kappa shape index (κ2) is 5.27. The van der Waals surface area contributed by atoms with E-state index in [1.807, 2.05) is 0 Å². The fourth-order valence-electron chi connectivity index (χ4n) is 3.84. The van der Waals surface area contributed by atoms with Gasteiger partial charge in [-0.1, -0.05) is 33.6 Å². The molecule has 4 unspecified atom stereocenters. The maximum atomic E-state index is 6.01. The molecule has 2 aliphatic carbocycles. The molecule has 2 fully saturated rings. The van der Waals surface area contributed by atoms with Crippen LogP contribution in [-0.4, -0.2) is 18.1 Å². The van der Waals surface area contributed by atoms with E-state index in [4.69, 9.17) is 5.73 Å². The summed E-state index contributed by atoms with van der Waals surface area (Å²) in [6.07, 6.45) is 9.29. The van der Waals surface area contributed by atoms with Crippen LogP contribution in [0.25, 0.3) is 0 Å². The predicted molar refractivity (Wildman–Crippen MR) is 74.0 cm³/mol. The summed E-state index contributed by atoms with van der Waals surface area (Å²) in [5, 5.41) is 3.92. The molecular formula is C15H30N2. The van der Waals surface area contributed by atoms with Crippen LogP contribution in [0.5, 0.6) is 0 Å². The molecule has 0 amide bonds. The standard InChI is InChI=1S/C15H30N2/c1-15(2,3)13-6-4-5-7-14(13)17-12-9-8-11(16)10-12/h11-14,17H,4-10,16H2,1-3H3. The minimum Gasteiger partial charge on any atom is -0.328 e. The van der Waals surface area contributed by atoms with Crippen LogP contribution in [0.4, 0.5) is 0 Å². The van der Waals surface area contributed by atoms with Crippen molar-refractivity contribution in [1.29, 1.82) is 0 Å². The molecule has 0 heterocycles. The van der Waals surface area contributed by atoms with Gasteiger partial charge in [-0.05, 0) is 43.4 Å². The summed E-state index contributed by atoms with van der Waals surface area (Å²) >= 11 is 0. The van der Waals surface area contributed by atoms with E-state index in [2.05, 4.69) is 26.1 Å². The van der Waals surface area contributed by atoms with Gasteiger partial charge in [-0.2, -0.15) is 0 Å². The zero-order valence-corrected chi connectivity index (χ0v) is 11.8. The lowest BCUT2D eigenvalue weighted by atomic mass is 9.69. The summed E-state index contributed by atoms with van der Waals surface area (Å²) in [5.74, 6) is 0.841. The van der Waals surface area contributed by atoms with Crippen molar-refractivity contribution in [2.24, 2.45) is 17.1 Å². The van der Waals surface area contributed by atoms with Crippen molar-refractivity contribution in [1.82, 2.24) is 5.32 Å². The Kier molecular flexibility index (Phi) is 4.14. The first-order chi connectivity index (χ1) is 7.97. The second-order valence-electron chi connectivity index (χ2n) is 7.30. The number of nitrogens with two attached hydrogens (primary N) is 1. The molecule has 0 bridgehead atoms. The first-order valence-electron chi connectivity index (χ1n) is 7.48. The van der Waals surface area contributed by atoms with Crippen LogP contribution < -0.4 is 11.1 Å². The highest BCUT2D eigenvalue weighted by Gasteiger charge is 2.35. The molecule has 2 saturated carbocycles. The van der Waals surface area contributed by atoms with Crippen LogP contribution in [0.3, 0.4) is 0 Å². The smallest absolute Gasteiger partial charge is 0.0103 e. The Balaban J connectivity index is 1.92. The normalized spacial score (nSPS) is 39.5. The minimum atomic E-state index is 0.443. The Labute approximate surface area is 107 Å². The van der Waals surface area contributed by atoms with Gasteiger partial charge in [0.2, 0.25) is 0 Å². The number of hydrogen-bond donors (Lipinski definition) is 2. The maximum Gasteiger partial charge on any atom is 0.0103 e. The largest absolute Gasteiger partial charge is 0.328 e. The molecule has 3 N–H and O–H groups in total. The van der Waals surface area contributed by atoms with Crippen molar-refractivity contribution in [3.8, 4) is 0 Å². The molecule has 2 rings (SSSR count). The molecule has 0 aliphatic heterocycles. The Bertz CT molecular complexity index is 244. The number of nitrogens with one attached hydrogen (secondary N) is 1. The highest BCUT2D eigenvalue weighted by atomic mass is 15.0. The van der Waals surface area contributed by atoms with E-state index in [0.29, 0.717) is 17.5 Å². The molecule has 4 atom stereocenters. The third-order valence-electron chi connectivity index (χ3n) is 4.80. The molecule has 0 saturated heterocycles. The summed E-state index contributed by atoms with van der Waals surface area (Å²) < 4.78 is 0. The first-order valence-corrected chi connectivity index (χ1v) is 7.48. The second-order valence-corrected chi connectivity index (χ2v) is 7.30. The van der Waals surface area contributed by atoms with Gasteiger partial charge in [-0.3, -0.25) is 0 Å². The maximum absolute atomic E-state index is 6.01. The molecule has 0 spiro atoms. The molecule has 0 aromatic carbocycles. The monoisotopic (exact) mass is 238 g/mol. The first kappa shape index (κ1) is 13.4. The summed E-state index contributed by atoms with van der Waals surface area (Å²) in [4.78, 5) is 0. The topological polar surface area (TPSA) is 38.0 Å². The SMILES string of the molecule is CC(C)(C)C1CCCCC1NC1CCC(N)C1. The van der Waals surface area contributed by atoms with Crippen LogP contribution in [0.1, 0.15) is 65.7 Å². The lowest BCUT2D eigenvalue weighted by Crippen LogP contribution is -2.47. The van der Waals surface area contributed by atoms with Crippen molar-refractivity contribution in [2.75, 3.05) is 0 Å². The fourth-order valence-corrected chi connectivity index (χ4v) is 3.84. The molecule has 17 heavy (non-hydrogen) atoms. The Morgan fingerprint density at radius 2 is 1.71 bits per heavy atom. The summed E-state index contributed by atoms with van der Waals surface area (Å²) in [6.45, 7) is 7.20. The van der Waals surface area contributed by atoms with Gasteiger partial charge in [0.05, 0.1) is 0 Å². The molecule has 0 aromatic rings. The van der Waals surface area contributed by atoms with Gasteiger partial charge in [-0.15, -0.1) is 0 Å². The van der Waals surface area contributed by atoms with Crippen LogP contribution in [0, 0.1) is 11.3 Å². The molecule has 100 valence electrons. The zero-order chi connectivity index (χ0) is 12.5. The Hall–Kier alpha value is -0.0800. The van der Waals surface area contributed by atoms with E-state index >= 15 is 0 Å². The van der Waals surface area contributed by atoms with Gasteiger partial charge < -0.3 is 11.1 Å². The Morgan fingerprint density at radius 3 is 2.29 bits per heavy atom.